The highest BCUT2D eigenvalue weighted by molar-refractivity contribution is 7.98. The largest absolute Gasteiger partial charge is 0.493 e. The zero-order chi connectivity index (χ0) is 15.8. The lowest BCUT2D eigenvalue weighted by atomic mass is 10.2. The van der Waals surface area contributed by atoms with E-state index in [0.717, 1.165) is 25.2 Å². The summed E-state index contributed by atoms with van der Waals surface area (Å²) < 4.78 is 16.7. The third-order valence-electron chi connectivity index (χ3n) is 3.43. The maximum absolute atomic E-state index is 11.8. The molecule has 0 saturated carbocycles. The third-order valence-corrected chi connectivity index (χ3v) is 4.04. The van der Waals surface area contributed by atoms with Crippen LogP contribution >= 0.6 is 11.8 Å². The number of hydrogen-bond donors (Lipinski definition) is 1. The van der Waals surface area contributed by atoms with Crippen LogP contribution in [0.15, 0.2) is 18.2 Å². The van der Waals surface area contributed by atoms with Crippen molar-refractivity contribution in [1.29, 1.82) is 0 Å². The summed E-state index contributed by atoms with van der Waals surface area (Å²) >= 11 is 1.65. The first kappa shape index (κ1) is 17.0. The van der Waals surface area contributed by atoms with Gasteiger partial charge in [-0.25, -0.2) is 0 Å². The van der Waals surface area contributed by atoms with E-state index in [1.165, 1.54) is 0 Å². The summed E-state index contributed by atoms with van der Waals surface area (Å²) in [6.07, 6.45) is 4.73. The van der Waals surface area contributed by atoms with E-state index in [4.69, 9.17) is 14.2 Å². The van der Waals surface area contributed by atoms with Crippen molar-refractivity contribution in [3.05, 3.63) is 18.2 Å². The molecule has 0 spiro atoms. The predicted molar refractivity (Wildman–Crippen MR) is 89.1 cm³/mol. The van der Waals surface area contributed by atoms with Gasteiger partial charge in [-0.3, -0.25) is 4.79 Å². The molecule has 0 radical (unpaired) electrons. The molecule has 6 heteroatoms. The molecule has 5 nitrogen and oxygen atoms in total. The number of anilines is 1. The van der Waals surface area contributed by atoms with Crippen LogP contribution in [-0.4, -0.2) is 44.3 Å². The summed E-state index contributed by atoms with van der Waals surface area (Å²) in [6.45, 7) is 1.30. The van der Waals surface area contributed by atoms with Gasteiger partial charge in [0, 0.05) is 30.5 Å². The Labute approximate surface area is 135 Å². The first-order chi connectivity index (χ1) is 10.7. The lowest BCUT2D eigenvalue weighted by Crippen LogP contribution is -2.17. The molecule has 1 aliphatic rings. The molecule has 0 aliphatic carbocycles. The molecule has 1 aromatic rings. The summed E-state index contributed by atoms with van der Waals surface area (Å²) in [5.74, 6) is 2.09. The van der Waals surface area contributed by atoms with Crippen LogP contribution in [-0.2, 0) is 9.53 Å². The molecule has 122 valence electrons. The van der Waals surface area contributed by atoms with Crippen molar-refractivity contribution in [3.8, 4) is 11.5 Å². The van der Waals surface area contributed by atoms with E-state index < -0.39 is 0 Å². The number of methoxy groups -OCH3 is 1. The van der Waals surface area contributed by atoms with E-state index in [9.17, 15) is 4.79 Å². The molecular weight excluding hydrogens is 302 g/mol. The van der Waals surface area contributed by atoms with Crippen molar-refractivity contribution in [2.45, 2.75) is 25.4 Å². The van der Waals surface area contributed by atoms with Crippen LogP contribution in [0.1, 0.15) is 19.3 Å². The minimum atomic E-state index is 0.00425. The average molecular weight is 325 g/mol. The SMILES string of the molecule is COc1ccc(NC(=O)CCSC)cc1OCC1CCCO1. The Bertz CT molecular complexity index is 489. The third kappa shape index (κ3) is 5.10. The number of thioether (sulfide) groups is 1. The molecule has 2 rings (SSSR count). The Hall–Kier alpha value is -1.40. The van der Waals surface area contributed by atoms with Crippen LogP contribution in [0.2, 0.25) is 0 Å². The van der Waals surface area contributed by atoms with Gasteiger partial charge in [0.2, 0.25) is 5.91 Å². The Morgan fingerprint density at radius 2 is 2.32 bits per heavy atom. The molecule has 0 aromatic heterocycles. The van der Waals surface area contributed by atoms with Crippen molar-refractivity contribution < 1.29 is 19.0 Å². The minimum absolute atomic E-state index is 0.00425. The van der Waals surface area contributed by atoms with Gasteiger partial charge in [-0.2, -0.15) is 11.8 Å². The fraction of sp³-hybridized carbons (Fsp3) is 0.562. The van der Waals surface area contributed by atoms with Crippen LogP contribution in [0.3, 0.4) is 0 Å². The highest BCUT2D eigenvalue weighted by Gasteiger charge is 2.17. The molecule has 1 N–H and O–H groups in total. The summed E-state index contributed by atoms with van der Waals surface area (Å²) in [4.78, 5) is 11.8. The number of ether oxygens (including phenoxy) is 3. The van der Waals surface area contributed by atoms with Gasteiger partial charge in [0.25, 0.3) is 0 Å². The Morgan fingerprint density at radius 3 is 3.00 bits per heavy atom. The highest BCUT2D eigenvalue weighted by atomic mass is 32.2. The number of nitrogens with one attached hydrogen (secondary N) is 1. The molecule has 1 fully saturated rings. The van der Waals surface area contributed by atoms with E-state index in [1.807, 2.05) is 12.3 Å². The van der Waals surface area contributed by atoms with E-state index in [0.29, 0.717) is 30.2 Å². The average Bonchev–Trinajstić information content (AvgIpc) is 3.04. The van der Waals surface area contributed by atoms with E-state index in [-0.39, 0.29) is 12.0 Å². The summed E-state index contributed by atoms with van der Waals surface area (Å²) in [5, 5.41) is 2.88. The second-order valence-electron chi connectivity index (χ2n) is 5.10. The van der Waals surface area contributed by atoms with Crippen LogP contribution in [0.5, 0.6) is 11.5 Å². The molecule has 1 aromatic carbocycles. The van der Waals surface area contributed by atoms with Crippen molar-refractivity contribution in [2.75, 3.05) is 37.6 Å². The van der Waals surface area contributed by atoms with Gasteiger partial charge in [0.1, 0.15) is 6.61 Å². The van der Waals surface area contributed by atoms with Crippen LogP contribution in [0, 0.1) is 0 Å². The van der Waals surface area contributed by atoms with E-state index >= 15 is 0 Å². The maximum atomic E-state index is 11.8. The maximum Gasteiger partial charge on any atom is 0.225 e. The monoisotopic (exact) mass is 325 g/mol. The first-order valence-electron chi connectivity index (χ1n) is 7.44. The van der Waals surface area contributed by atoms with Crippen LogP contribution in [0.4, 0.5) is 5.69 Å². The highest BCUT2D eigenvalue weighted by Crippen LogP contribution is 2.31. The van der Waals surface area contributed by atoms with Gasteiger partial charge < -0.3 is 19.5 Å². The molecule has 0 bridgehead atoms. The molecule has 1 unspecified atom stereocenters. The first-order valence-corrected chi connectivity index (χ1v) is 8.83. The Kier molecular flexibility index (Phi) is 6.86. The zero-order valence-electron chi connectivity index (χ0n) is 13.1. The fourth-order valence-electron chi connectivity index (χ4n) is 2.24. The van der Waals surface area contributed by atoms with Gasteiger partial charge in [0.15, 0.2) is 11.5 Å². The predicted octanol–water partition coefficient (Wildman–Crippen LogP) is 2.94. The number of amides is 1. The summed E-state index contributed by atoms with van der Waals surface area (Å²) in [6, 6.07) is 5.41. The second kappa shape index (κ2) is 8.90. The minimum Gasteiger partial charge on any atom is -0.493 e. The second-order valence-corrected chi connectivity index (χ2v) is 6.09. The number of hydrogen-bond acceptors (Lipinski definition) is 5. The van der Waals surface area contributed by atoms with Gasteiger partial charge in [-0.15, -0.1) is 0 Å². The van der Waals surface area contributed by atoms with Gasteiger partial charge in [-0.1, -0.05) is 0 Å². The molecule has 1 amide bonds. The van der Waals surface area contributed by atoms with Crippen LogP contribution < -0.4 is 14.8 Å². The molecule has 1 aliphatic heterocycles. The topological polar surface area (TPSA) is 56.8 Å². The number of rotatable bonds is 8. The van der Waals surface area contributed by atoms with Crippen LogP contribution in [0.25, 0.3) is 0 Å². The number of carbonyl (C=O) groups excluding carboxylic acids is 1. The molecule has 1 saturated heterocycles. The van der Waals surface area contributed by atoms with Crippen molar-refractivity contribution in [2.24, 2.45) is 0 Å². The smallest absolute Gasteiger partial charge is 0.225 e. The van der Waals surface area contributed by atoms with E-state index in [2.05, 4.69) is 5.32 Å². The zero-order valence-corrected chi connectivity index (χ0v) is 13.9. The molecular formula is C16H23NO4S. The number of carbonyl (C=O) groups is 1. The number of benzene rings is 1. The quantitative estimate of drug-likeness (QED) is 0.796. The molecule has 1 heterocycles. The van der Waals surface area contributed by atoms with Gasteiger partial charge in [-0.05, 0) is 31.2 Å². The van der Waals surface area contributed by atoms with Gasteiger partial charge >= 0.3 is 0 Å². The molecule has 22 heavy (non-hydrogen) atoms. The Balaban J connectivity index is 1.96. The lowest BCUT2D eigenvalue weighted by molar-refractivity contribution is -0.115. The van der Waals surface area contributed by atoms with Crippen molar-refractivity contribution in [3.63, 3.8) is 0 Å². The van der Waals surface area contributed by atoms with E-state index in [1.54, 1.807) is 31.0 Å². The fourth-order valence-corrected chi connectivity index (χ4v) is 2.63. The Morgan fingerprint density at radius 1 is 1.45 bits per heavy atom. The summed E-state index contributed by atoms with van der Waals surface area (Å²) in [5.41, 5.74) is 0.717. The van der Waals surface area contributed by atoms with Crippen molar-refractivity contribution in [1.82, 2.24) is 0 Å². The van der Waals surface area contributed by atoms with Crippen molar-refractivity contribution >= 4 is 23.4 Å². The molecule has 1 atom stereocenters. The normalized spacial score (nSPS) is 17.3. The lowest BCUT2D eigenvalue weighted by Gasteiger charge is -2.15. The van der Waals surface area contributed by atoms with Gasteiger partial charge in [0.05, 0.1) is 13.2 Å². The standard InChI is InChI=1S/C16H23NO4S/c1-19-14-6-5-12(17-16(18)7-9-22-2)10-15(14)21-11-13-4-3-8-20-13/h5-6,10,13H,3-4,7-9,11H2,1-2H3,(H,17,18). The summed E-state index contributed by atoms with van der Waals surface area (Å²) in [7, 11) is 1.60.